The van der Waals surface area contributed by atoms with Gasteiger partial charge in [0, 0.05) is 31.4 Å². The first-order valence-electron chi connectivity index (χ1n) is 15.3. The Hall–Kier alpha value is -3.36. The number of fused-ring (bicyclic) bond motifs is 1. The molecule has 8 heteroatoms. The largest absolute Gasteiger partial charge is 0.394 e. The molecular weight excluding hydrogens is 558 g/mol. The van der Waals surface area contributed by atoms with Gasteiger partial charge in [-0.3, -0.25) is 14.4 Å². The van der Waals surface area contributed by atoms with E-state index in [0.29, 0.717) is 32.6 Å². The number of hydrogen-bond donors (Lipinski definition) is 1. The molecule has 2 aromatic carbocycles. The van der Waals surface area contributed by atoms with Crippen LogP contribution in [-0.4, -0.2) is 79.3 Å². The van der Waals surface area contributed by atoms with E-state index < -0.39 is 28.7 Å². The SMILES string of the molecule is C=CCN(Cc1ccccc1)C(=O)C1N([C@@H](CC)CO)C(=O)[C@@H]2[C@@H](C(=O)N(CC=C)Cc3ccccc3)[C@H]3CC(C)C12S3. The first-order chi connectivity index (χ1) is 20.8. The van der Waals surface area contributed by atoms with Gasteiger partial charge >= 0.3 is 0 Å². The van der Waals surface area contributed by atoms with Gasteiger partial charge in [0.2, 0.25) is 17.7 Å². The highest BCUT2D eigenvalue weighted by atomic mass is 32.2. The summed E-state index contributed by atoms with van der Waals surface area (Å²) in [5.41, 5.74) is 2.00. The summed E-state index contributed by atoms with van der Waals surface area (Å²) in [6.45, 7) is 13.1. The van der Waals surface area contributed by atoms with Crippen molar-refractivity contribution < 1.29 is 19.5 Å². The Bertz CT molecular complexity index is 1330. The van der Waals surface area contributed by atoms with Crippen LogP contribution >= 0.6 is 11.8 Å². The van der Waals surface area contributed by atoms with Crippen molar-refractivity contribution in [2.75, 3.05) is 19.7 Å². The van der Waals surface area contributed by atoms with Crippen molar-refractivity contribution in [2.45, 2.75) is 61.9 Å². The standard InChI is InChI=1S/C35H43N3O4S/c1-5-18-36(21-25-14-10-8-11-15-25)32(40)29-28-20-24(4)35(43-28)30(29)33(41)38(27(7-3)23-39)31(35)34(42)37(19-6-2)22-26-16-12-9-13-17-26/h5-6,8-17,24,27-31,39H,1-2,7,18-23H2,3-4H3/t24?,27-,28+,29-,30-,31?,35?/m0/s1. The second-order valence-electron chi connectivity index (χ2n) is 12.0. The van der Waals surface area contributed by atoms with Crippen LogP contribution in [0.1, 0.15) is 37.8 Å². The number of carbonyl (C=O) groups excluding carboxylic acids is 3. The van der Waals surface area contributed by atoms with E-state index in [0.717, 1.165) is 17.5 Å². The fourth-order valence-electron chi connectivity index (χ4n) is 7.60. The second-order valence-corrected chi connectivity index (χ2v) is 13.6. The Morgan fingerprint density at radius 3 is 2.02 bits per heavy atom. The average Bonchev–Trinajstić information content (AvgIpc) is 3.61. The lowest BCUT2D eigenvalue weighted by Crippen LogP contribution is -2.59. The van der Waals surface area contributed by atoms with Gasteiger partial charge in [0.25, 0.3) is 0 Å². The molecule has 0 saturated carbocycles. The zero-order valence-electron chi connectivity index (χ0n) is 25.2. The normalized spacial score (nSPS) is 27.9. The number of thioether (sulfide) groups is 1. The summed E-state index contributed by atoms with van der Waals surface area (Å²) in [6, 6.07) is 18.3. The Morgan fingerprint density at radius 1 is 1.00 bits per heavy atom. The van der Waals surface area contributed by atoms with Gasteiger partial charge in [-0.05, 0) is 29.9 Å². The summed E-state index contributed by atoms with van der Waals surface area (Å²) >= 11 is 1.67. The number of likely N-dealkylation sites (tertiary alicyclic amines) is 1. The Kier molecular flexibility index (Phi) is 9.47. The summed E-state index contributed by atoms with van der Waals surface area (Å²) in [6.07, 6.45) is 4.70. The topological polar surface area (TPSA) is 81.2 Å². The van der Waals surface area contributed by atoms with Gasteiger partial charge in [-0.25, -0.2) is 0 Å². The quantitative estimate of drug-likeness (QED) is 0.342. The minimum atomic E-state index is -0.782. The van der Waals surface area contributed by atoms with Gasteiger partial charge in [0.1, 0.15) is 6.04 Å². The van der Waals surface area contributed by atoms with Crippen LogP contribution in [0.3, 0.4) is 0 Å². The zero-order valence-corrected chi connectivity index (χ0v) is 26.0. The molecule has 0 radical (unpaired) electrons. The van der Waals surface area contributed by atoms with Gasteiger partial charge in [0.15, 0.2) is 0 Å². The lowest BCUT2D eigenvalue weighted by atomic mass is 9.65. The highest BCUT2D eigenvalue weighted by Crippen LogP contribution is 2.69. The molecule has 3 aliphatic rings. The van der Waals surface area contributed by atoms with Crippen LogP contribution in [0.25, 0.3) is 0 Å². The average molecular weight is 602 g/mol. The van der Waals surface area contributed by atoms with E-state index >= 15 is 0 Å². The van der Waals surface area contributed by atoms with E-state index in [-0.39, 0.29) is 35.5 Å². The molecule has 3 amide bonds. The molecule has 0 aliphatic carbocycles. The number of rotatable bonds is 13. The molecule has 7 atom stereocenters. The van der Waals surface area contributed by atoms with Crippen molar-refractivity contribution in [1.29, 1.82) is 0 Å². The van der Waals surface area contributed by atoms with Crippen molar-refractivity contribution in [3.63, 3.8) is 0 Å². The smallest absolute Gasteiger partial charge is 0.247 e. The third kappa shape index (κ3) is 5.44. The Morgan fingerprint density at radius 2 is 1.53 bits per heavy atom. The number of nitrogens with zero attached hydrogens (tertiary/aromatic N) is 3. The van der Waals surface area contributed by atoms with Crippen molar-refractivity contribution in [3.05, 3.63) is 97.1 Å². The Balaban J connectivity index is 1.55. The van der Waals surface area contributed by atoms with E-state index in [2.05, 4.69) is 20.1 Å². The van der Waals surface area contributed by atoms with Gasteiger partial charge in [-0.15, -0.1) is 24.9 Å². The molecule has 3 unspecified atom stereocenters. The fourth-order valence-corrected chi connectivity index (χ4v) is 9.99. The van der Waals surface area contributed by atoms with E-state index in [4.69, 9.17) is 0 Å². The van der Waals surface area contributed by atoms with Gasteiger partial charge in [0.05, 0.1) is 29.2 Å². The molecule has 7 nitrogen and oxygen atoms in total. The summed E-state index contributed by atoms with van der Waals surface area (Å²) in [5, 5.41) is 10.4. The lowest BCUT2D eigenvalue weighted by molar-refractivity contribution is -0.147. The first-order valence-corrected chi connectivity index (χ1v) is 16.2. The maximum atomic E-state index is 14.7. The van der Waals surface area contributed by atoms with Crippen LogP contribution in [0.4, 0.5) is 0 Å². The summed E-state index contributed by atoms with van der Waals surface area (Å²) < 4.78 is -0.759. The maximum absolute atomic E-state index is 14.7. The zero-order chi connectivity index (χ0) is 30.7. The molecule has 1 spiro atoms. The predicted molar refractivity (Wildman–Crippen MR) is 171 cm³/mol. The van der Waals surface area contributed by atoms with Crippen LogP contribution in [0.2, 0.25) is 0 Å². The molecular formula is C35H43N3O4S. The number of benzene rings is 2. The van der Waals surface area contributed by atoms with Crippen LogP contribution in [-0.2, 0) is 27.5 Å². The van der Waals surface area contributed by atoms with Gasteiger partial charge in [-0.2, -0.15) is 0 Å². The third-order valence-corrected chi connectivity index (χ3v) is 11.6. The Labute approximate surface area is 259 Å². The van der Waals surface area contributed by atoms with Crippen LogP contribution in [0.5, 0.6) is 0 Å². The number of aliphatic hydroxyl groups excluding tert-OH is 1. The molecule has 1 N–H and O–H groups in total. The minimum Gasteiger partial charge on any atom is -0.394 e. The second kappa shape index (κ2) is 13.1. The molecule has 228 valence electrons. The number of carbonyl (C=O) groups is 3. The van der Waals surface area contributed by atoms with Crippen LogP contribution < -0.4 is 0 Å². The van der Waals surface area contributed by atoms with Crippen molar-refractivity contribution in [2.24, 2.45) is 17.8 Å². The summed E-state index contributed by atoms with van der Waals surface area (Å²) in [7, 11) is 0. The molecule has 3 heterocycles. The van der Waals surface area contributed by atoms with E-state index in [9.17, 15) is 19.5 Å². The van der Waals surface area contributed by atoms with Crippen molar-refractivity contribution in [1.82, 2.24) is 14.7 Å². The number of hydrogen-bond acceptors (Lipinski definition) is 5. The van der Waals surface area contributed by atoms with Crippen LogP contribution in [0.15, 0.2) is 86.0 Å². The highest BCUT2D eigenvalue weighted by Gasteiger charge is 2.76. The molecule has 2 aromatic rings. The fraction of sp³-hybridized carbons (Fsp3) is 0.457. The summed E-state index contributed by atoms with van der Waals surface area (Å²) in [4.78, 5) is 49.0. The molecule has 0 aromatic heterocycles. The molecule has 2 bridgehead atoms. The molecule has 3 fully saturated rings. The predicted octanol–water partition coefficient (Wildman–Crippen LogP) is 4.52. The maximum Gasteiger partial charge on any atom is 0.247 e. The van der Waals surface area contributed by atoms with Crippen molar-refractivity contribution >= 4 is 29.5 Å². The third-order valence-electron chi connectivity index (χ3n) is 9.53. The van der Waals surface area contributed by atoms with E-state index in [1.165, 1.54) is 0 Å². The number of aliphatic hydroxyl groups is 1. The molecule has 3 aliphatic heterocycles. The minimum absolute atomic E-state index is 0.0416. The highest BCUT2D eigenvalue weighted by molar-refractivity contribution is 8.02. The van der Waals surface area contributed by atoms with Crippen LogP contribution in [0, 0.1) is 17.8 Å². The van der Waals surface area contributed by atoms with E-state index in [1.54, 1.807) is 38.6 Å². The molecule has 43 heavy (non-hydrogen) atoms. The monoisotopic (exact) mass is 601 g/mol. The van der Waals surface area contributed by atoms with Gasteiger partial charge < -0.3 is 19.8 Å². The van der Waals surface area contributed by atoms with Gasteiger partial charge in [-0.1, -0.05) is 86.7 Å². The number of amides is 3. The van der Waals surface area contributed by atoms with E-state index in [1.807, 2.05) is 67.6 Å². The summed E-state index contributed by atoms with van der Waals surface area (Å²) in [5.74, 6) is -1.54. The molecule has 5 rings (SSSR count). The first kappa shape index (κ1) is 31.1. The molecule has 3 saturated heterocycles. The van der Waals surface area contributed by atoms with Crippen molar-refractivity contribution in [3.8, 4) is 0 Å². The lowest BCUT2D eigenvalue weighted by Gasteiger charge is -2.42.